The summed E-state index contributed by atoms with van der Waals surface area (Å²) in [5, 5.41) is 6.93. The molecule has 158 valence electrons. The Bertz CT molecular complexity index is 628. The first-order valence-electron chi connectivity index (χ1n) is 9.53. The molecule has 1 unspecified atom stereocenters. The average Bonchev–Trinajstić information content (AvgIpc) is 2.66. The Morgan fingerprint density at radius 1 is 1.32 bits per heavy atom. The number of nitrogens with zero attached hydrogens (tertiary/aromatic N) is 2. The topological polar surface area (TPSA) is 58.1 Å². The molecule has 1 saturated heterocycles. The Labute approximate surface area is 170 Å². The van der Waals surface area contributed by atoms with Gasteiger partial charge < -0.3 is 20.1 Å². The van der Waals surface area contributed by atoms with Gasteiger partial charge in [-0.05, 0) is 31.0 Å². The second-order valence-electron chi connectivity index (χ2n) is 6.72. The third-order valence-electron chi connectivity index (χ3n) is 4.28. The zero-order chi connectivity index (χ0) is 20.4. The van der Waals surface area contributed by atoms with E-state index in [-0.39, 0.29) is 12.3 Å². The van der Waals surface area contributed by atoms with Gasteiger partial charge in [-0.25, -0.2) is 4.99 Å². The second-order valence-corrected chi connectivity index (χ2v) is 7.16. The Kier molecular flexibility index (Phi) is 9.73. The number of benzene rings is 1. The molecular weight excluding hydrogens is 390 g/mol. The molecule has 2 rings (SSSR count). The lowest BCUT2D eigenvalue weighted by Gasteiger charge is -2.29. The van der Waals surface area contributed by atoms with Crippen LogP contribution in [-0.2, 0) is 11.3 Å². The van der Waals surface area contributed by atoms with E-state index >= 15 is 0 Å². The van der Waals surface area contributed by atoms with Crippen molar-refractivity contribution in [3.8, 4) is 5.75 Å². The molecule has 2 N–H and O–H groups in total. The van der Waals surface area contributed by atoms with Crippen molar-refractivity contribution in [2.75, 3.05) is 45.9 Å². The van der Waals surface area contributed by atoms with Gasteiger partial charge in [0.15, 0.2) is 5.96 Å². The fourth-order valence-electron chi connectivity index (χ4n) is 2.95. The van der Waals surface area contributed by atoms with Crippen molar-refractivity contribution in [2.24, 2.45) is 10.9 Å². The van der Waals surface area contributed by atoms with Crippen LogP contribution in [0.5, 0.6) is 5.75 Å². The summed E-state index contributed by atoms with van der Waals surface area (Å²) < 4.78 is 35.1. The molecule has 0 aromatic heterocycles. The lowest BCUT2D eigenvalue weighted by molar-refractivity contribution is -0.0504. The molecule has 1 heterocycles. The molecule has 1 aliphatic rings. The van der Waals surface area contributed by atoms with E-state index in [0.29, 0.717) is 29.0 Å². The highest BCUT2D eigenvalue weighted by Crippen LogP contribution is 2.25. The van der Waals surface area contributed by atoms with Crippen molar-refractivity contribution in [3.05, 3.63) is 28.8 Å². The van der Waals surface area contributed by atoms with Gasteiger partial charge in [0.25, 0.3) is 0 Å². The Morgan fingerprint density at radius 3 is 2.75 bits per heavy atom. The van der Waals surface area contributed by atoms with E-state index in [2.05, 4.69) is 32.2 Å². The maximum absolute atomic E-state index is 12.6. The largest absolute Gasteiger partial charge is 0.434 e. The molecule has 1 aliphatic heterocycles. The first-order valence-corrected chi connectivity index (χ1v) is 9.91. The van der Waals surface area contributed by atoms with E-state index < -0.39 is 6.61 Å². The van der Waals surface area contributed by atoms with Gasteiger partial charge >= 0.3 is 6.61 Å². The van der Waals surface area contributed by atoms with E-state index in [4.69, 9.17) is 16.3 Å². The molecule has 1 aromatic rings. The molecule has 1 atom stereocenters. The second kappa shape index (κ2) is 12.0. The fourth-order valence-corrected chi connectivity index (χ4v) is 3.14. The molecule has 28 heavy (non-hydrogen) atoms. The van der Waals surface area contributed by atoms with Gasteiger partial charge in [0, 0.05) is 43.3 Å². The minimum atomic E-state index is -2.89. The lowest BCUT2D eigenvalue weighted by atomic mass is 10.1. The normalized spacial score (nSPS) is 16.9. The SMILES string of the molecule is CCNC(=NCc1cc(Cl)ccc1OC(F)F)NCC(C)CN1CCOCC1. The summed E-state index contributed by atoms with van der Waals surface area (Å²) in [6.45, 7) is 7.35. The van der Waals surface area contributed by atoms with E-state index in [9.17, 15) is 8.78 Å². The molecule has 0 spiro atoms. The van der Waals surface area contributed by atoms with Gasteiger partial charge in [-0.1, -0.05) is 18.5 Å². The monoisotopic (exact) mass is 418 g/mol. The summed E-state index contributed by atoms with van der Waals surface area (Å²) in [4.78, 5) is 6.88. The molecule has 6 nitrogen and oxygen atoms in total. The number of guanidine groups is 1. The number of aliphatic imine (C=N–C) groups is 1. The van der Waals surface area contributed by atoms with Crippen LogP contribution in [0, 0.1) is 5.92 Å². The number of hydrogen-bond acceptors (Lipinski definition) is 4. The standard InChI is InChI=1S/C19H29ClF2N4O2/c1-3-23-19(24-11-14(2)13-26-6-8-27-9-7-26)25-12-15-10-16(20)4-5-17(15)28-18(21)22/h4-5,10,14,18H,3,6-9,11-13H2,1-2H3,(H2,23,24,25). The average molecular weight is 419 g/mol. The van der Waals surface area contributed by atoms with E-state index in [1.54, 1.807) is 6.07 Å². The molecule has 1 fully saturated rings. The molecule has 0 aliphatic carbocycles. The minimum absolute atomic E-state index is 0.0830. The number of ether oxygens (including phenoxy) is 2. The maximum atomic E-state index is 12.6. The van der Waals surface area contributed by atoms with Crippen LogP contribution in [0.15, 0.2) is 23.2 Å². The highest BCUT2D eigenvalue weighted by molar-refractivity contribution is 6.30. The van der Waals surface area contributed by atoms with Crippen LogP contribution in [0.3, 0.4) is 0 Å². The van der Waals surface area contributed by atoms with Crippen LogP contribution < -0.4 is 15.4 Å². The van der Waals surface area contributed by atoms with E-state index in [1.807, 2.05) is 6.92 Å². The van der Waals surface area contributed by atoms with Gasteiger partial charge in [-0.2, -0.15) is 8.78 Å². The lowest BCUT2D eigenvalue weighted by Crippen LogP contribution is -2.44. The molecule has 9 heteroatoms. The number of alkyl halides is 2. The number of halogens is 3. The summed E-state index contributed by atoms with van der Waals surface area (Å²) in [5.74, 6) is 1.13. The molecule has 0 saturated carbocycles. The number of morpholine rings is 1. The van der Waals surface area contributed by atoms with Crippen molar-refractivity contribution in [1.29, 1.82) is 0 Å². The van der Waals surface area contributed by atoms with Gasteiger partial charge in [-0.15, -0.1) is 0 Å². The Hall–Kier alpha value is -1.64. The van der Waals surface area contributed by atoms with Crippen LogP contribution in [0.1, 0.15) is 19.4 Å². The Morgan fingerprint density at radius 2 is 2.07 bits per heavy atom. The number of hydrogen-bond donors (Lipinski definition) is 2. The van der Waals surface area contributed by atoms with Crippen LogP contribution in [-0.4, -0.2) is 63.4 Å². The first kappa shape index (κ1) is 22.6. The van der Waals surface area contributed by atoms with Crippen molar-refractivity contribution < 1.29 is 18.3 Å². The smallest absolute Gasteiger partial charge is 0.387 e. The molecule has 0 bridgehead atoms. The summed E-state index contributed by atoms with van der Waals surface area (Å²) >= 11 is 5.99. The van der Waals surface area contributed by atoms with Crippen LogP contribution >= 0.6 is 11.6 Å². The van der Waals surface area contributed by atoms with Crippen molar-refractivity contribution in [3.63, 3.8) is 0 Å². The zero-order valence-electron chi connectivity index (χ0n) is 16.4. The zero-order valence-corrected chi connectivity index (χ0v) is 17.1. The molecule has 0 amide bonds. The van der Waals surface area contributed by atoms with Gasteiger partial charge in [0.1, 0.15) is 5.75 Å². The summed E-state index contributed by atoms with van der Waals surface area (Å²) in [5.41, 5.74) is 0.506. The first-order chi connectivity index (χ1) is 13.5. The predicted octanol–water partition coefficient (Wildman–Crippen LogP) is 2.96. The van der Waals surface area contributed by atoms with E-state index in [1.165, 1.54) is 12.1 Å². The van der Waals surface area contributed by atoms with Gasteiger partial charge in [0.05, 0.1) is 19.8 Å². The molecule has 0 radical (unpaired) electrons. The van der Waals surface area contributed by atoms with Crippen LogP contribution in [0.4, 0.5) is 8.78 Å². The van der Waals surface area contributed by atoms with Crippen molar-refractivity contribution in [1.82, 2.24) is 15.5 Å². The summed E-state index contributed by atoms with van der Waals surface area (Å²) in [6.07, 6.45) is 0. The predicted molar refractivity (Wildman–Crippen MR) is 107 cm³/mol. The van der Waals surface area contributed by atoms with Crippen LogP contribution in [0.2, 0.25) is 5.02 Å². The highest BCUT2D eigenvalue weighted by Gasteiger charge is 2.14. The van der Waals surface area contributed by atoms with Gasteiger partial charge in [0.2, 0.25) is 0 Å². The van der Waals surface area contributed by atoms with Gasteiger partial charge in [-0.3, -0.25) is 4.90 Å². The highest BCUT2D eigenvalue weighted by atomic mass is 35.5. The quantitative estimate of drug-likeness (QED) is 0.477. The molecule has 1 aromatic carbocycles. The van der Waals surface area contributed by atoms with Crippen LogP contribution in [0.25, 0.3) is 0 Å². The minimum Gasteiger partial charge on any atom is -0.434 e. The molecular formula is C19H29ClF2N4O2. The van der Waals surface area contributed by atoms with Crippen molar-refractivity contribution >= 4 is 17.6 Å². The fraction of sp³-hybridized carbons (Fsp3) is 0.632. The maximum Gasteiger partial charge on any atom is 0.387 e. The Balaban J connectivity index is 1.93. The number of rotatable bonds is 9. The third-order valence-corrected chi connectivity index (χ3v) is 4.52. The third kappa shape index (κ3) is 8.16. The number of nitrogens with one attached hydrogen (secondary N) is 2. The van der Waals surface area contributed by atoms with Crippen molar-refractivity contribution in [2.45, 2.75) is 27.0 Å². The summed E-state index contributed by atoms with van der Waals surface area (Å²) in [6, 6.07) is 4.54. The summed E-state index contributed by atoms with van der Waals surface area (Å²) in [7, 11) is 0. The van der Waals surface area contributed by atoms with E-state index in [0.717, 1.165) is 39.4 Å².